The van der Waals surface area contributed by atoms with Gasteiger partial charge in [-0.3, -0.25) is 0 Å². The molecule has 0 spiro atoms. The fraction of sp³-hybridized carbons (Fsp3) is 0.158. The molecular weight excluding hydrogens is 278 g/mol. The number of hydrogen-bond acceptors (Lipinski definition) is 1. The molecule has 0 bridgehead atoms. The van der Waals surface area contributed by atoms with E-state index in [9.17, 15) is 0 Å². The zero-order valence-corrected chi connectivity index (χ0v) is 12.8. The van der Waals surface area contributed by atoms with E-state index in [1.165, 1.54) is 22.1 Å². The molecule has 3 rings (SSSR count). The van der Waals surface area contributed by atoms with Crippen LogP contribution in [0.3, 0.4) is 0 Å². The number of fused-ring (bicyclic) bond motifs is 1. The molecule has 0 fully saturated rings. The van der Waals surface area contributed by atoms with Gasteiger partial charge in [-0.05, 0) is 34.7 Å². The predicted molar refractivity (Wildman–Crippen MR) is 91.8 cm³/mol. The van der Waals surface area contributed by atoms with Crippen molar-refractivity contribution in [1.29, 1.82) is 0 Å². The van der Waals surface area contributed by atoms with Crippen LogP contribution < -0.4 is 5.32 Å². The van der Waals surface area contributed by atoms with E-state index >= 15 is 0 Å². The molecule has 0 atom stereocenters. The van der Waals surface area contributed by atoms with Crippen LogP contribution in [-0.4, -0.2) is 6.54 Å². The first-order valence-electron chi connectivity index (χ1n) is 7.27. The lowest BCUT2D eigenvalue weighted by Crippen LogP contribution is -2.11. The summed E-state index contributed by atoms with van der Waals surface area (Å²) in [7, 11) is 0. The molecule has 21 heavy (non-hydrogen) atoms. The Labute approximate surface area is 130 Å². The summed E-state index contributed by atoms with van der Waals surface area (Å²) in [5.41, 5.74) is 3.76. The number of hydrogen-bond donors (Lipinski definition) is 1. The van der Waals surface area contributed by atoms with Crippen molar-refractivity contribution >= 4 is 22.4 Å². The largest absolute Gasteiger partial charge is 0.313 e. The lowest BCUT2D eigenvalue weighted by Gasteiger charge is -2.09. The summed E-state index contributed by atoms with van der Waals surface area (Å²) in [6, 6.07) is 21.1. The fourth-order valence-corrected chi connectivity index (χ4v) is 2.81. The molecular formula is C19H18ClN. The van der Waals surface area contributed by atoms with Crippen molar-refractivity contribution < 1.29 is 0 Å². The van der Waals surface area contributed by atoms with Gasteiger partial charge in [0.1, 0.15) is 0 Å². The molecule has 0 aromatic heterocycles. The first-order valence-corrected chi connectivity index (χ1v) is 7.64. The lowest BCUT2D eigenvalue weighted by atomic mass is 9.97. The molecule has 1 N–H and O–H groups in total. The average Bonchev–Trinajstić information content (AvgIpc) is 2.54. The molecule has 3 aromatic rings. The van der Waals surface area contributed by atoms with Gasteiger partial charge in [-0.2, -0.15) is 0 Å². The summed E-state index contributed by atoms with van der Waals surface area (Å²) in [6.07, 6.45) is 0. The fourth-order valence-electron chi connectivity index (χ4n) is 2.59. The topological polar surface area (TPSA) is 12.0 Å². The van der Waals surface area contributed by atoms with Crippen LogP contribution in [-0.2, 0) is 6.54 Å². The van der Waals surface area contributed by atoms with Crippen molar-refractivity contribution in [3.63, 3.8) is 0 Å². The minimum absolute atomic E-state index is 0.804. The van der Waals surface area contributed by atoms with E-state index < -0.39 is 0 Å². The van der Waals surface area contributed by atoms with Gasteiger partial charge in [-0.15, -0.1) is 0 Å². The molecule has 0 amide bonds. The third-order valence-corrected chi connectivity index (χ3v) is 4.04. The molecule has 0 aliphatic carbocycles. The quantitative estimate of drug-likeness (QED) is 0.691. The van der Waals surface area contributed by atoms with Crippen LogP contribution in [0.1, 0.15) is 12.5 Å². The molecule has 0 aliphatic heterocycles. The van der Waals surface area contributed by atoms with Crippen molar-refractivity contribution in [2.24, 2.45) is 0 Å². The zero-order chi connectivity index (χ0) is 14.7. The smallest absolute Gasteiger partial charge is 0.0484 e. The summed E-state index contributed by atoms with van der Waals surface area (Å²) >= 11 is 6.29. The van der Waals surface area contributed by atoms with E-state index in [2.05, 4.69) is 60.8 Å². The van der Waals surface area contributed by atoms with Crippen molar-refractivity contribution in [1.82, 2.24) is 5.32 Å². The maximum atomic E-state index is 6.29. The summed E-state index contributed by atoms with van der Waals surface area (Å²) in [5, 5.41) is 6.45. The number of nitrogens with one attached hydrogen (secondary N) is 1. The summed E-state index contributed by atoms with van der Waals surface area (Å²) < 4.78 is 0. The molecule has 0 heterocycles. The number of rotatable bonds is 4. The Balaban J connectivity index is 2.02. The molecule has 0 aliphatic rings. The van der Waals surface area contributed by atoms with Gasteiger partial charge in [0, 0.05) is 17.0 Å². The summed E-state index contributed by atoms with van der Waals surface area (Å²) in [5.74, 6) is 0. The SMILES string of the molecule is CCNCc1ccc(-c2ccc(Cl)c3ccccc23)cc1. The van der Waals surface area contributed by atoms with Crippen LogP contribution >= 0.6 is 11.6 Å². The maximum Gasteiger partial charge on any atom is 0.0484 e. The van der Waals surface area contributed by atoms with Crippen LogP contribution in [0.5, 0.6) is 0 Å². The van der Waals surface area contributed by atoms with Crippen molar-refractivity contribution in [2.75, 3.05) is 6.54 Å². The first-order chi connectivity index (χ1) is 10.3. The van der Waals surface area contributed by atoms with E-state index in [0.717, 1.165) is 23.5 Å². The highest BCUT2D eigenvalue weighted by Crippen LogP contribution is 2.32. The molecule has 3 aromatic carbocycles. The second kappa shape index (κ2) is 6.30. The predicted octanol–water partition coefficient (Wildman–Crippen LogP) is 5.27. The molecule has 1 nitrogen and oxygen atoms in total. The van der Waals surface area contributed by atoms with Crippen molar-refractivity contribution in [2.45, 2.75) is 13.5 Å². The molecule has 2 heteroatoms. The molecule has 0 saturated heterocycles. The molecule has 0 unspecified atom stereocenters. The highest BCUT2D eigenvalue weighted by molar-refractivity contribution is 6.36. The van der Waals surface area contributed by atoms with E-state index in [4.69, 9.17) is 11.6 Å². The normalized spacial score (nSPS) is 11.0. The lowest BCUT2D eigenvalue weighted by molar-refractivity contribution is 0.727. The summed E-state index contributed by atoms with van der Waals surface area (Å²) in [4.78, 5) is 0. The Morgan fingerprint density at radius 3 is 2.29 bits per heavy atom. The Morgan fingerprint density at radius 1 is 0.857 bits per heavy atom. The minimum atomic E-state index is 0.804. The van der Waals surface area contributed by atoms with Gasteiger partial charge in [0.15, 0.2) is 0 Å². The van der Waals surface area contributed by atoms with Gasteiger partial charge < -0.3 is 5.32 Å². The highest BCUT2D eigenvalue weighted by Gasteiger charge is 2.06. The van der Waals surface area contributed by atoms with Gasteiger partial charge in [-0.1, -0.05) is 73.1 Å². The second-order valence-corrected chi connectivity index (χ2v) is 5.52. The van der Waals surface area contributed by atoms with Gasteiger partial charge >= 0.3 is 0 Å². The Bertz CT molecular complexity index is 747. The Morgan fingerprint density at radius 2 is 1.57 bits per heavy atom. The van der Waals surface area contributed by atoms with E-state index in [1.807, 2.05) is 12.1 Å². The first kappa shape index (κ1) is 14.1. The van der Waals surface area contributed by atoms with Crippen molar-refractivity contribution in [3.8, 4) is 11.1 Å². The molecule has 106 valence electrons. The van der Waals surface area contributed by atoms with E-state index in [0.29, 0.717) is 0 Å². The van der Waals surface area contributed by atoms with Gasteiger partial charge in [0.2, 0.25) is 0 Å². The monoisotopic (exact) mass is 295 g/mol. The standard InChI is InChI=1S/C19H18ClN/c1-2-21-13-14-7-9-15(10-8-14)16-11-12-19(20)18-6-4-3-5-17(16)18/h3-12,21H,2,13H2,1H3. The van der Waals surface area contributed by atoms with Gasteiger partial charge in [-0.25, -0.2) is 0 Å². The molecule has 0 saturated carbocycles. The number of halogens is 1. The third kappa shape index (κ3) is 2.94. The third-order valence-electron chi connectivity index (χ3n) is 3.71. The summed E-state index contributed by atoms with van der Waals surface area (Å²) in [6.45, 7) is 4.02. The van der Waals surface area contributed by atoms with Crippen LogP contribution in [0.2, 0.25) is 5.02 Å². The minimum Gasteiger partial charge on any atom is -0.313 e. The van der Waals surface area contributed by atoms with Crippen LogP contribution in [0, 0.1) is 0 Å². The van der Waals surface area contributed by atoms with Crippen LogP contribution in [0.25, 0.3) is 21.9 Å². The zero-order valence-electron chi connectivity index (χ0n) is 12.1. The van der Waals surface area contributed by atoms with Crippen LogP contribution in [0.15, 0.2) is 60.7 Å². The molecule has 0 radical (unpaired) electrons. The Kier molecular flexibility index (Phi) is 4.23. The van der Waals surface area contributed by atoms with Gasteiger partial charge in [0.05, 0.1) is 0 Å². The van der Waals surface area contributed by atoms with Crippen molar-refractivity contribution in [3.05, 3.63) is 71.2 Å². The highest BCUT2D eigenvalue weighted by atomic mass is 35.5. The second-order valence-electron chi connectivity index (χ2n) is 5.12. The van der Waals surface area contributed by atoms with E-state index in [-0.39, 0.29) is 0 Å². The number of benzene rings is 3. The average molecular weight is 296 g/mol. The van der Waals surface area contributed by atoms with Crippen LogP contribution in [0.4, 0.5) is 0 Å². The maximum absolute atomic E-state index is 6.29. The van der Waals surface area contributed by atoms with E-state index in [1.54, 1.807) is 0 Å². The Hall–Kier alpha value is -1.83. The van der Waals surface area contributed by atoms with Gasteiger partial charge in [0.25, 0.3) is 0 Å².